The molecule has 1 aliphatic rings. The molecule has 1 unspecified atom stereocenters. The van der Waals surface area contributed by atoms with Crippen molar-refractivity contribution in [1.82, 2.24) is 5.32 Å². The first-order valence-corrected chi connectivity index (χ1v) is 11.6. The van der Waals surface area contributed by atoms with Gasteiger partial charge in [0.2, 0.25) is 5.91 Å². The van der Waals surface area contributed by atoms with Crippen LogP contribution in [0.4, 0.5) is 0 Å². The van der Waals surface area contributed by atoms with Crippen molar-refractivity contribution in [2.24, 2.45) is 15.9 Å². The molecular weight excluding hydrogens is 432 g/mol. The van der Waals surface area contributed by atoms with Crippen molar-refractivity contribution >= 4 is 28.4 Å². The molecule has 10 heteroatoms. The molecule has 1 amide bonds. The third-order valence-electron chi connectivity index (χ3n) is 4.64. The number of thioether (sulfide) groups is 1. The number of carbonyl (C=O) groups is 1. The summed E-state index contributed by atoms with van der Waals surface area (Å²) in [5.74, 6) is 0.928. The van der Waals surface area contributed by atoms with Crippen LogP contribution in [-0.4, -0.2) is 47.7 Å². The van der Waals surface area contributed by atoms with Crippen LogP contribution in [0.15, 0.2) is 44.1 Å². The van der Waals surface area contributed by atoms with E-state index < -0.39 is 17.2 Å². The van der Waals surface area contributed by atoms with Gasteiger partial charge in [-0.15, -0.1) is 11.8 Å². The topological polar surface area (TPSA) is 129 Å². The fourth-order valence-corrected chi connectivity index (χ4v) is 4.03. The Morgan fingerprint density at radius 2 is 2.31 bits per heavy atom. The van der Waals surface area contributed by atoms with Gasteiger partial charge in [0.1, 0.15) is 41.0 Å². The molecule has 0 spiro atoms. The number of amides is 1. The normalized spacial score (nSPS) is 19.2. The number of ether oxygens (including phenoxy) is 1. The molecule has 0 aromatic carbocycles. The average molecular weight is 465 g/mol. The maximum Gasteiger partial charge on any atom is 0.339 e. The van der Waals surface area contributed by atoms with Gasteiger partial charge < -0.3 is 25.0 Å². The average Bonchev–Trinajstić information content (AvgIpc) is 3.18. The fraction of sp³-hybridized carbons (Fsp3) is 0.545. The van der Waals surface area contributed by atoms with E-state index in [-0.39, 0.29) is 12.5 Å². The minimum atomic E-state index is -0.975. The van der Waals surface area contributed by atoms with E-state index in [1.54, 1.807) is 26.0 Å². The van der Waals surface area contributed by atoms with Crippen LogP contribution in [0.3, 0.4) is 0 Å². The van der Waals surface area contributed by atoms with E-state index in [1.807, 2.05) is 6.92 Å². The summed E-state index contributed by atoms with van der Waals surface area (Å²) in [6.45, 7) is 10.4. The molecular formula is C22H32N4O5S. The van der Waals surface area contributed by atoms with E-state index in [2.05, 4.69) is 22.0 Å². The van der Waals surface area contributed by atoms with E-state index in [1.165, 1.54) is 17.8 Å². The van der Waals surface area contributed by atoms with Crippen LogP contribution in [0.5, 0.6) is 5.75 Å². The zero-order valence-electron chi connectivity index (χ0n) is 18.9. The Morgan fingerprint density at radius 1 is 1.53 bits per heavy atom. The molecule has 176 valence electrons. The number of hydrogen-bond donors (Lipinski definition) is 2. The Morgan fingerprint density at radius 3 is 3.00 bits per heavy atom. The van der Waals surface area contributed by atoms with Crippen LogP contribution in [0.1, 0.15) is 51.8 Å². The van der Waals surface area contributed by atoms with Gasteiger partial charge in [0.15, 0.2) is 0 Å². The van der Waals surface area contributed by atoms with Gasteiger partial charge in [-0.3, -0.25) is 9.79 Å². The molecule has 1 aliphatic heterocycles. The first kappa shape index (κ1) is 25.7. The van der Waals surface area contributed by atoms with E-state index in [0.717, 1.165) is 6.42 Å². The molecule has 9 nitrogen and oxygen atoms in total. The summed E-state index contributed by atoms with van der Waals surface area (Å²) >= 11 is 1.45. The van der Waals surface area contributed by atoms with Gasteiger partial charge in [0.25, 0.3) is 0 Å². The van der Waals surface area contributed by atoms with Crippen molar-refractivity contribution in [3.05, 3.63) is 41.0 Å². The van der Waals surface area contributed by atoms with Crippen molar-refractivity contribution in [2.75, 3.05) is 25.5 Å². The van der Waals surface area contributed by atoms with E-state index in [0.29, 0.717) is 54.0 Å². The molecule has 1 aromatic heterocycles. The van der Waals surface area contributed by atoms with E-state index >= 15 is 0 Å². The number of hydrogen-bond acceptors (Lipinski definition) is 9. The summed E-state index contributed by atoms with van der Waals surface area (Å²) in [7, 11) is 0. The molecule has 0 saturated carbocycles. The quantitative estimate of drug-likeness (QED) is 0.199. The summed E-state index contributed by atoms with van der Waals surface area (Å²) in [5, 5.41) is 7.71. The van der Waals surface area contributed by atoms with Gasteiger partial charge in [-0.2, -0.15) is 0 Å². The predicted molar refractivity (Wildman–Crippen MR) is 127 cm³/mol. The summed E-state index contributed by atoms with van der Waals surface area (Å²) in [4.78, 5) is 35.0. The van der Waals surface area contributed by atoms with Gasteiger partial charge in [-0.25, -0.2) is 4.79 Å². The standard InChI is InChI=1S/C22H32N4O5S/c1-5-8-17(18-12-16(29-10-6-2)13-19(27)31-18)24-21(28)22(4)14-32-20(25-22)15(3)26-30-11-7-9-23/h6,12-13,17H,2,5,7-11,14,23H2,1,3-4H3,(H,24,28)/b26-15+/t17-,22?/m1/s1. The largest absolute Gasteiger partial charge is 0.489 e. The Hall–Kier alpha value is -2.59. The molecule has 0 bridgehead atoms. The lowest BCUT2D eigenvalue weighted by Gasteiger charge is -2.24. The smallest absolute Gasteiger partial charge is 0.339 e. The monoisotopic (exact) mass is 464 g/mol. The summed E-state index contributed by atoms with van der Waals surface area (Å²) in [6.07, 6.45) is 3.67. The summed E-state index contributed by atoms with van der Waals surface area (Å²) in [6, 6.07) is 2.41. The Balaban J connectivity index is 2.16. The highest BCUT2D eigenvalue weighted by atomic mass is 32.2. The number of aliphatic imine (C=N–C) groups is 1. The molecule has 0 saturated heterocycles. The van der Waals surface area contributed by atoms with Gasteiger partial charge in [-0.1, -0.05) is 31.2 Å². The fourth-order valence-electron chi connectivity index (χ4n) is 2.90. The maximum atomic E-state index is 13.2. The molecule has 32 heavy (non-hydrogen) atoms. The lowest BCUT2D eigenvalue weighted by atomic mass is 10.0. The minimum Gasteiger partial charge on any atom is -0.489 e. The molecule has 3 N–H and O–H groups in total. The SMILES string of the molecule is C=CCOc1cc([C@@H](CCC)NC(=O)C2(C)CSC(/C(C)=N/OCCCN)=N2)oc(=O)c1. The second-order valence-electron chi connectivity index (χ2n) is 7.56. The van der Waals surface area contributed by atoms with Crippen LogP contribution < -0.4 is 21.4 Å². The number of nitrogens with one attached hydrogen (secondary N) is 1. The van der Waals surface area contributed by atoms with Crippen LogP contribution in [0.2, 0.25) is 0 Å². The number of nitrogens with two attached hydrogens (primary N) is 1. The number of oxime groups is 1. The maximum absolute atomic E-state index is 13.2. The predicted octanol–water partition coefficient (Wildman–Crippen LogP) is 2.81. The first-order chi connectivity index (χ1) is 15.3. The highest BCUT2D eigenvalue weighted by Gasteiger charge is 2.40. The third-order valence-corrected chi connectivity index (χ3v) is 6.00. The summed E-state index contributed by atoms with van der Waals surface area (Å²) in [5.41, 5.74) is 4.54. The number of rotatable bonds is 13. The van der Waals surface area contributed by atoms with Gasteiger partial charge in [-0.05, 0) is 33.2 Å². The van der Waals surface area contributed by atoms with Crippen molar-refractivity contribution in [2.45, 2.75) is 51.6 Å². The minimum absolute atomic E-state index is 0.254. The molecule has 0 aliphatic carbocycles. The lowest BCUT2D eigenvalue weighted by molar-refractivity contribution is -0.125. The molecule has 0 fully saturated rings. The van der Waals surface area contributed by atoms with Crippen LogP contribution in [0.25, 0.3) is 0 Å². The van der Waals surface area contributed by atoms with Crippen LogP contribution in [-0.2, 0) is 9.63 Å². The molecule has 2 heterocycles. The van der Waals surface area contributed by atoms with Crippen LogP contribution in [0, 0.1) is 0 Å². The summed E-state index contributed by atoms with van der Waals surface area (Å²) < 4.78 is 10.8. The third kappa shape index (κ3) is 7.23. The van der Waals surface area contributed by atoms with Crippen molar-refractivity contribution in [3.8, 4) is 5.75 Å². The molecule has 1 aromatic rings. The van der Waals surface area contributed by atoms with E-state index in [9.17, 15) is 9.59 Å². The zero-order valence-corrected chi connectivity index (χ0v) is 19.7. The first-order valence-electron chi connectivity index (χ1n) is 10.6. The van der Waals surface area contributed by atoms with Gasteiger partial charge in [0.05, 0.1) is 12.1 Å². The zero-order chi connectivity index (χ0) is 23.6. The molecule has 2 atom stereocenters. The van der Waals surface area contributed by atoms with Crippen molar-refractivity contribution in [1.29, 1.82) is 0 Å². The highest BCUT2D eigenvalue weighted by molar-refractivity contribution is 8.16. The van der Waals surface area contributed by atoms with Gasteiger partial charge >= 0.3 is 5.63 Å². The van der Waals surface area contributed by atoms with E-state index in [4.69, 9.17) is 19.7 Å². The Labute approximate surface area is 192 Å². The highest BCUT2D eigenvalue weighted by Crippen LogP contribution is 2.30. The van der Waals surface area contributed by atoms with Crippen LogP contribution >= 0.6 is 11.8 Å². The number of carbonyl (C=O) groups excluding carboxylic acids is 1. The second-order valence-corrected chi connectivity index (χ2v) is 8.52. The second kappa shape index (κ2) is 12.4. The van der Waals surface area contributed by atoms with Gasteiger partial charge in [0, 0.05) is 11.8 Å². The number of nitrogens with zero attached hydrogens (tertiary/aromatic N) is 2. The Kier molecular flexibility index (Phi) is 9.98. The lowest BCUT2D eigenvalue weighted by Crippen LogP contribution is -2.45. The van der Waals surface area contributed by atoms with Crippen molar-refractivity contribution in [3.63, 3.8) is 0 Å². The van der Waals surface area contributed by atoms with Crippen molar-refractivity contribution < 1.29 is 18.8 Å². The molecule has 0 radical (unpaired) electrons. The molecule has 2 rings (SSSR count). The Bertz CT molecular complexity index is 914.